The number of hydrogen-bond donors (Lipinski definition) is 1. The van der Waals surface area contributed by atoms with E-state index in [0.29, 0.717) is 5.75 Å². The lowest BCUT2D eigenvalue weighted by Gasteiger charge is -2.05. The molecule has 1 aromatic heterocycles. The van der Waals surface area contributed by atoms with Crippen molar-refractivity contribution in [2.75, 3.05) is 19.5 Å². The molecule has 4 nitrogen and oxygen atoms in total. The molecule has 2 aromatic carbocycles. The summed E-state index contributed by atoms with van der Waals surface area (Å²) in [5.74, 6) is 1.41. The van der Waals surface area contributed by atoms with Crippen LogP contribution in [-0.4, -0.2) is 19.2 Å². The Hall–Kier alpha value is -2.27. The van der Waals surface area contributed by atoms with Gasteiger partial charge in [-0.25, -0.2) is 4.98 Å². The highest BCUT2D eigenvalue weighted by atomic mass is 32.1. The van der Waals surface area contributed by atoms with Crippen molar-refractivity contribution in [1.82, 2.24) is 4.98 Å². The topological polar surface area (TPSA) is 43.4 Å². The molecule has 0 unspecified atom stereocenters. The minimum atomic E-state index is 0.693. The third kappa shape index (κ3) is 2.85. The Morgan fingerprint density at radius 1 is 0.909 bits per heavy atom. The van der Waals surface area contributed by atoms with E-state index in [-0.39, 0.29) is 0 Å². The number of thiazole rings is 1. The lowest BCUT2D eigenvalue weighted by Crippen LogP contribution is -1.91. The second kappa shape index (κ2) is 5.85. The fourth-order valence-electron chi connectivity index (χ4n) is 2.48. The van der Waals surface area contributed by atoms with Gasteiger partial charge in [0, 0.05) is 17.8 Å². The molecule has 3 aromatic rings. The molecular weight excluding hydrogens is 296 g/mol. The number of anilines is 2. The van der Waals surface area contributed by atoms with Crippen molar-refractivity contribution in [1.29, 1.82) is 0 Å². The van der Waals surface area contributed by atoms with Gasteiger partial charge in [-0.15, -0.1) is 0 Å². The summed E-state index contributed by atoms with van der Waals surface area (Å²) in [6.07, 6.45) is 0. The lowest BCUT2D eigenvalue weighted by molar-refractivity contribution is 0.356. The van der Waals surface area contributed by atoms with E-state index in [9.17, 15) is 0 Å². The van der Waals surface area contributed by atoms with Crippen molar-refractivity contribution in [3.05, 3.63) is 41.5 Å². The molecule has 1 N–H and O–H groups in total. The Labute approximate surface area is 133 Å². The average molecular weight is 314 g/mol. The van der Waals surface area contributed by atoms with Gasteiger partial charge in [0.15, 0.2) is 16.6 Å². The monoisotopic (exact) mass is 314 g/mol. The van der Waals surface area contributed by atoms with Crippen LogP contribution in [0.1, 0.15) is 11.1 Å². The van der Waals surface area contributed by atoms with E-state index in [1.54, 1.807) is 25.6 Å². The van der Waals surface area contributed by atoms with E-state index < -0.39 is 0 Å². The highest BCUT2D eigenvalue weighted by molar-refractivity contribution is 7.22. The SMILES string of the molecule is COc1cc2nc(Nc3cc(C)cc(C)c3)sc2cc1OC. The van der Waals surface area contributed by atoms with Crippen molar-refractivity contribution in [3.63, 3.8) is 0 Å². The van der Waals surface area contributed by atoms with Crippen LogP contribution in [0.25, 0.3) is 10.2 Å². The number of fused-ring (bicyclic) bond motifs is 1. The number of aryl methyl sites for hydroxylation is 2. The largest absolute Gasteiger partial charge is 0.493 e. The number of aromatic nitrogens is 1. The zero-order valence-electron chi connectivity index (χ0n) is 13.1. The molecular formula is C17H18N2O2S. The molecule has 0 amide bonds. The van der Waals surface area contributed by atoms with Crippen molar-refractivity contribution in [2.24, 2.45) is 0 Å². The predicted molar refractivity (Wildman–Crippen MR) is 91.9 cm³/mol. The Bertz CT molecular complexity index is 766. The van der Waals surface area contributed by atoms with Crippen LogP contribution in [0.15, 0.2) is 30.3 Å². The molecule has 0 aliphatic rings. The Morgan fingerprint density at radius 3 is 2.18 bits per heavy atom. The normalized spacial score (nSPS) is 10.7. The molecule has 0 radical (unpaired) electrons. The van der Waals surface area contributed by atoms with Crippen molar-refractivity contribution in [2.45, 2.75) is 13.8 Å². The third-order valence-corrected chi connectivity index (χ3v) is 4.30. The zero-order chi connectivity index (χ0) is 15.7. The number of hydrogen-bond acceptors (Lipinski definition) is 5. The van der Waals surface area contributed by atoms with Crippen LogP contribution in [0.2, 0.25) is 0 Å². The molecule has 0 saturated heterocycles. The second-order valence-electron chi connectivity index (χ2n) is 5.20. The molecule has 0 spiro atoms. The van der Waals surface area contributed by atoms with Gasteiger partial charge in [0.2, 0.25) is 0 Å². The number of rotatable bonds is 4. The highest BCUT2D eigenvalue weighted by Gasteiger charge is 2.11. The van der Waals surface area contributed by atoms with Gasteiger partial charge in [-0.05, 0) is 37.1 Å². The molecule has 0 bridgehead atoms. The standard InChI is InChI=1S/C17H18N2O2S/c1-10-5-11(2)7-12(6-10)18-17-19-13-8-14(20-3)15(21-4)9-16(13)22-17/h5-9H,1-4H3,(H,18,19). The maximum absolute atomic E-state index is 5.34. The summed E-state index contributed by atoms with van der Waals surface area (Å²) in [7, 11) is 3.27. The van der Waals surface area contributed by atoms with Crippen LogP contribution in [-0.2, 0) is 0 Å². The predicted octanol–water partition coefficient (Wildman–Crippen LogP) is 4.67. The van der Waals surface area contributed by atoms with E-state index >= 15 is 0 Å². The van der Waals surface area contributed by atoms with Crippen molar-refractivity contribution < 1.29 is 9.47 Å². The van der Waals surface area contributed by atoms with E-state index in [1.165, 1.54) is 11.1 Å². The molecule has 0 fully saturated rings. The van der Waals surface area contributed by atoms with E-state index in [1.807, 2.05) is 12.1 Å². The summed E-state index contributed by atoms with van der Waals surface area (Å²) >= 11 is 1.59. The number of benzene rings is 2. The number of nitrogens with one attached hydrogen (secondary N) is 1. The van der Waals surface area contributed by atoms with Gasteiger partial charge in [0.05, 0.1) is 24.4 Å². The van der Waals surface area contributed by atoms with E-state index in [0.717, 1.165) is 26.8 Å². The highest BCUT2D eigenvalue weighted by Crippen LogP contribution is 2.36. The third-order valence-electron chi connectivity index (χ3n) is 3.37. The Balaban J connectivity index is 1.98. The average Bonchev–Trinajstić information content (AvgIpc) is 2.85. The summed E-state index contributed by atoms with van der Waals surface area (Å²) < 4.78 is 11.7. The van der Waals surface area contributed by atoms with Gasteiger partial charge in [-0.2, -0.15) is 0 Å². The van der Waals surface area contributed by atoms with Crippen LogP contribution >= 0.6 is 11.3 Å². The summed E-state index contributed by atoms with van der Waals surface area (Å²) in [6.45, 7) is 4.18. The molecule has 1 heterocycles. The summed E-state index contributed by atoms with van der Waals surface area (Å²) in [5, 5.41) is 4.23. The molecule has 0 aliphatic carbocycles. The molecule has 0 aliphatic heterocycles. The molecule has 0 saturated carbocycles. The van der Waals surface area contributed by atoms with Crippen LogP contribution in [0.5, 0.6) is 11.5 Å². The van der Waals surface area contributed by atoms with Crippen LogP contribution < -0.4 is 14.8 Å². The van der Waals surface area contributed by atoms with Crippen molar-refractivity contribution >= 4 is 32.4 Å². The maximum Gasteiger partial charge on any atom is 0.188 e. The molecule has 114 valence electrons. The van der Waals surface area contributed by atoms with Gasteiger partial charge < -0.3 is 14.8 Å². The van der Waals surface area contributed by atoms with Gasteiger partial charge in [-0.3, -0.25) is 0 Å². The Morgan fingerprint density at radius 2 is 1.55 bits per heavy atom. The minimum absolute atomic E-state index is 0.693. The minimum Gasteiger partial charge on any atom is -0.493 e. The fourth-order valence-corrected chi connectivity index (χ4v) is 3.38. The lowest BCUT2D eigenvalue weighted by atomic mass is 10.1. The smallest absolute Gasteiger partial charge is 0.188 e. The van der Waals surface area contributed by atoms with Crippen LogP contribution in [0.3, 0.4) is 0 Å². The second-order valence-corrected chi connectivity index (χ2v) is 6.23. The maximum atomic E-state index is 5.34. The Kier molecular flexibility index (Phi) is 3.90. The fraction of sp³-hybridized carbons (Fsp3) is 0.235. The van der Waals surface area contributed by atoms with Crippen LogP contribution in [0.4, 0.5) is 10.8 Å². The first-order valence-corrected chi connectivity index (χ1v) is 7.78. The van der Waals surface area contributed by atoms with Gasteiger partial charge in [-0.1, -0.05) is 17.4 Å². The molecule has 3 rings (SSSR count). The van der Waals surface area contributed by atoms with Gasteiger partial charge in [0.1, 0.15) is 0 Å². The zero-order valence-corrected chi connectivity index (χ0v) is 13.9. The van der Waals surface area contributed by atoms with Crippen molar-refractivity contribution in [3.8, 4) is 11.5 Å². The first-order valence-electron chi connectivity index (χ1n) is 6.97. The van der Waals surface area contributed by atoms with Crippen LogP contribution in [0, 0.1) is 13.8 Å². The first-order chi connectivity index (χ1) is 10.6. The van der Waals surface area contributed by atoms with E-state index in [2.05, 4.69) is 42.3 Å². The van der Waals surface area contributed by atoms with E-state index in [4.69, 9.17) is 9.47 Å². The number of ether oxygens (including phenoxy) is 2. The van der Waals surface area contributed by atoms with Gasteiger partial charge >= 0.3 is 0 Å². The summed E-state index contributed by atoms with van der Waals surface area (Å²) in [4.78, 5) is 4.62. The number of methoxy groups -OCH3 is 2. The summed E-state index contributed by atoms with van der Waals surface area (Å²) in [6, 6.07) is 10.2. The van der Waals surface area contributed by atoms with Gasteiger partial charge in [0.25, 0.3) is 0 Å². The number of nitrogens with zero attached hydrogens (tertiary/aromatic N) is 1. The molecule has 0 atom stereocenters. The summed E-state index contributed by atoms with van der Waals surface area (Å²) in [5.41, 5.74) is 4.41. The quantitative estimate of drug-likeness (QED) is 0.759. The molecule has 5 heteroatoms. The first kappa shape index (κ1) is 14.7. The molecule has 22 heavy (non-hydrogen) atoms.